The van der Waals surface area contributed by atoms with Gasteiger partial charge in [0.15, 0.2) is 0 Å². The summed E-state index contributed by atoms with van der Waals surface area (Å²) in [7, 11) is 0. The van der Waals surface area contributed by atoms with Crippen LogP contribution in [0.1, 0.15) is 0 Å². The number of hydrogen-bond donors (Lipinski definition) is 0. The lowest BCUT2D eigenvalue weighted by Crippen LogP contribution is -1.95. The average molecular weight is 766 g/mol. The van der Waals surface area contributed by atoms with Crippen molar-refractivity contribution in [3.63, 3.8) is 0 Å². The van der Waals surface area contributed by atoms with E-state index < -0.39 is 0 Å². The van der Waals surface area contributed by atoms with Crippen LogP contribution in [0.15, 0.2) is 217 Å². The van der Waals surface area contributed by atoms with Crippen molar-refractivity contribution in [1.29, 1.82) is 0 Å². The Hall–Kier alpha value is -8.08. The Bertz CT molecular complexity index is 3750. The largest absolute Gasteiger partial charge is 0.439 e. The molecule has 280 valence electrons. The minimum atomic E-state index is 0.874. The number of aromatic nitrogens is 3. The second-order valence-corrected chi connectivity index (χ2v) is 15.7. The second-order valence-electron chi connectivity index (χ2n) is 15.7. The van der Waals surface area contributed by atoms with Gasteiger partial charge in [-0.25, -0.2) is 0 Å². The fourth-order valence-electron chi connectivity index (χ4n) is 9.74. The molecular formula is C56H35N3O. The van der Waals surface area contributed by atoms with E-state index in [1.807, 2.05) is 6.07 Å². The summed E-state index contributed by atoms with van der Waals surface area (Å²) in [5.74, 6) is 0. The van der Waals surface area contributed by atoms with Gasteiger partial charge in [-0.1, -0.05) is 133 Å². The molecule has 0 unspecified atom stereocenters. The number of fused-ring (bicyclic) bond motifs is 11. The summed E-state index contributed by atoms with van der Waals surface area (Å²) < 4.78 is 13.6. The van der Waals surface area contributed by atoms with Crippen molar-refractivity contribution in [2.75, 3.05) is 0 Å². The summed E-state index contributed by atoms with van der Waals surface area (Å²) >= 11 is 0. The van der Waals surface area contributed by atoms with Crippen molar-refractivity contribution in [1.82, 2.24) is 13.7 Å². The van der Waals surface area contributed by atoms with E-state index in [0.29, 0.717) is 0 Å². The van der Waals surface area contributed by atoms with Gasteiger partial charge in [0.2, 0.25) is 5.71 Å². The lowest BCUT2D eigenvalue weighted by molar-refractivity contribution is 0.645. The third kappa shape index (κ3) is 4.79. The summed E-state index contributed by atoms with van der Waals surface area (Å²) in [6.45, 7) is 0. The Morgan fingerprint density at radius 2 is 0.700 bits per heavy atom. The number of furan rings is 1. The predicted octanol–water partition coefficient (Wildman–Crippen LogP) is 15.1. The highest BCUT2D eigenvalue weighted by Gasteiger charge is 2.20. The number of para-hydroxylation sites is 5. The van der Waals surface area contributed by atoms with Crippen molar-refractivity contribution in [3.8, 4) is 39.3 Å². The van der Waals surface area contributed by atoms with Gasteiger partial charge in [-0.2, -0.15) is 0 Å². The van der Waals surface area contributed by atoms with Gasteiger partial charge in [0, 0.05) is 49.4 Å². The van der Waals surface area contributed by atoms with E-state index >= 15 is 0 Å². The molecule has 0 radical (unpaired) electrons. The van der Waals surface area contributed by atoms with Crippen LogP contribution in [0.2, 0.25) is 0 Å². The van der Waals surface area contributed by atoms with E-state index in [1.165, 1.54) is 71.3 Å². The minimum Gasteiger partial charge on any atom is -0.439 e. The molecule has 0 spiro atoms. The zero-order valence-corrected chi connectivity index (χ0v) is 32.5. The monoisotopic (exact) mass is 765 g/mol. The molecule has 0 saturated heterocycles. The highest BCUT2D eigenvalue weighted by molar-refractivity contribution is 6.20. The molecule has 0 N–H and O–H groups in total. The van der Waals surface area contributed by atoms with Gasteiger partial charge in [0.1, 0.15) is 5.58 Å². The molecule has 0 bridgehead atoms. The van der Waals surface area contributed by atoms with Gasteiger partial charge in [0.05, 0.1) is 33.0 Å². The van der Waals surface area contributed by atoms with Crippen LogP contribution in [0.25, 0.3) is 116 Å². The predicted molar refractivity (Wildman–Crippen MR) is 250 cm³/mol. The second kappa shape index (κ2) is 12.7. The maximum Gasteiger partial charge on any atom is 0.213 e. The normalized spacial score (nSPS) is 12.0. The Balaban J connectivity index is 0.863. The number of benzene rings is 9. The maximum absolute atomic E-state index is 6.51. The Kier molecular flexibility index (Phi) is 6.98. The van der Waals surface area contributed by atoms with Crippen LogP contribution in [0.3, 0.4) is 0 Å². The van der Waals surface area contributed by atoms with E-state index in [0.717, 1.165) is 44.6 Å². The van der Waals surface area contributed by atoms with Crippen molar-refractivity contribution in [3.05, 3.63) is 212 Å². The van der Waals surface area contributed by atoms with Crippen LogP contribution in [-0.2, 0) is 0 Å². The number of nitrogens with zero attached hydrogens (tertiary/aromatic N) is 3. The smallest absolute Gasteiger partial charge is 0.213 e. The van der Waals surface area contributed by atoms with Crippen LogP contribution in [0.4, 0.5) is 0 Å². The standard InChI is InChI=1S/C56H35N3O/c1-2-12-40(13-3-1)59-53-32-28-39(34-48(53)55-46-17-7-11-21-54(46)60-56(55)59)38-24-22-36(23-25-38)37-26-29-41(30-27-37)57-51-20-10-6-16-45(51)47-35-42(31-33-52(47)57)58-49-18-8-4-14-43(49)44-15-5-9-19-50(44)58/h1-35H. The molecule has 0 fully saturated rings. The summed E-state index contributed by atoms with van der Waals surface area (Å²) in [6.07, 6.45) is 0. The summed E-state index contributed by atoms with van der Waals surface area (Å²) in [6, 6.07) is 76.6. The van der Waals surface area contributed by atoms with Crippen LogP contribution in [-0.4, -0.2) is 13.7 Å². The van der Waals surface area contributed by atoms with Gasteiger partial charge < -0.3 is 13.6 Å². The molecule has 4 nitrogen and oxygen atoms in total. The fraction of sp³-hybridized carbons (Fsp3) is 0. The SMILES string of the molecule is c1ccc(-n2c3ccc(-c4ccc(-c5ccc(-n6c7ccccc7c7cc(-n8c9ccccc9c9ccccc98)ccc76)cc5)cc4)cc3c3c4ccccc4oc32)cc1. The van der Waals surface area contributed by atoms with Crippen molar-refractivity contribution >= 4 is 76.6 Å². The van der Waals surface area contributed by atoms with Gasteiger partial charge >= 0.3 is 0 Å². The minimum absolute atomic E-state index is 0.874. The highest BCUT2D eigenvalue weighted by atomic mass is 16.3. The molecule has 0 saturated carbocycles. The molecule has 0 amide bonds. The van der Waals surface area contributed by atoms with Crippen molar-refractivity contribution < 1.29 is 4.42 Å². The highest BCUT2D eigenvalue weighted by Crippen LogP contribution is 2.41. The van der Waals surface area contributed by atoms with Gasteiger partial charge in [0.25, 0.3) is 0 Å². The summed E-state index contributed by atoms with van der Waals surface area (Å²) in [5.41, 5.74) is 15.8. The van der Waals surface area contributed by atoms with Crippen molar-refractivity contribution in [2.45, 2.75) is 0 Å². The van der Waals surface area contributed by atoms with Crippen LogP contribution in [0.5, 0.6) is 0 Å². The molecule has 4 heteroatoms. The van der Waals surface area contributed by atoms with E-state index in [9.17, 15) is 0 Å². The van der Waals surface area contributed by atoms with Gasteiger partial charge in [-0.15, -0.1) is 0 Å². The first-order chi connectivity index (χ1) is 29.8. The molecular weight excluding hydrogens is 731 g/mol. The quantitative estimate of drug-likeness (QED) is 0.171. The number of hydrogen-bond acceptors (Lipinski definition) is 1. The fourth-order valence-corrected chi connectivity index (χ4v) is 9.74. The first kappa shape index (κ1) is 32.9. The summed E-state index contributed by atoms with van der Waals surface area (Å²) in [5, 5.41) is 8.48. The molecule has 4 aromatic heterocycles. The zero-order valence-electron chi connectivity index (χ0n) is 32.5. The van der Waals surface area contributed by atoms with Crippen LogP contribution < -0.4 is 0 Å². The third-order valence-corrected chi connectivity index (χ3v) is 12.5. The topological polar surface area (TPSA) is 27.9 Å². The molecule has 9 aromatic carbocycles. The molecule has 13 rings (SSSR count). The van der Waals surface area contributed by atoms with Crippen LogP contribution in [0, 0.1) is 0 Å². The number of rotatable bonds is 5. The lowest BCUT2D eigenvalue weighted by Gasteiger charge is -2.11. The van der Waals surface area contributed by atoms with E-state index in [1.54, 1.807) is 0 Å². The zero-order chi connectivity index (χ0) is 39.3. The molecule has 0 aliphatic carbocycles. The molecule has 0 atom stereocenters. The third-order valence-electron chi connectivity index (χ3n) is 12.5. The average Bonchev–Trinajstić information content (AvgIpc) is 4.05. The molecule has 4 heterocycles. The Morgan fingerprint density at radius 1 is 0.267 bits per heavy atom. The van der Waals surface area contributed by atoms with E-state index in [2.05, 4.69) is 220 Å². The molecule has 60 heavy (non-hydrogen) atoms. The van der Waals surface area contributed by atoms with Gasteiger partial charge in [-0.05, 0) is 101 Å². The van der Waals surface area contributed by atoms with E-state index in [-0.39, 0.29) is 0 Å². The van der Waals surface area contributed by atoms with Gasteiger partial charge in [-0.3, -0.25) is 4.57 Å². The first-order valence-electron chi connectivity index (χ1n) is 20.5. The van der Waals surface area contributed by atoms with Crippen molar-refractivity contribution in [2.24, 2.45) is 0 Å². The first-order valence-corrected chi connectivity index (χ1v) is 20.5. The maximum atomic E-state index is 6.51. The van der Waals surface area contributed by atoms with E-state index in [4.69, 9.17) is 4.42 Å². The Labute approximate surface area is 345 Å². The molecule has 13 aromatic rings. The lowest BCUT2D eigenvalue weighted by atomic mass is 9.99. The molecule has 0 aliphatic heterocycles. The molecule has 0 aliphatic rings. The Morgan fingerprint density at radius 3 is 1.37 bits per heavy atom. The van der Waals surface area contributed by atoms with Crippen LogP contribution >= 0.6 is 0 Å². The summed E-state index contributed by atoms with van der Waals surface area (Å²) in [4.78, 5) is 0.